The van der Waals surface area contributed by atoms with Crippen molar-refractivity contribution < 1.29 is 4.79 Å². The predicted octanol–water partition coefficient (Wildman–Crippen LogP) is 2.35. The maximum atomic E-state index is 9.99. The van der Waals surface area contributed by atoms with Crippen LogP contribution in [0.15, 0.2) is 6.07 Å². The van der Waals surface area contributed by atoms with E-state index in [0.717, 1.165) is 15.0 Å². The summed E-state index contributed by atoms with van der Waals surface area (Å²) < 4.78 is 0.789. The first-order valence-electron chi connectivity index (χ1n) is 1.88. The molecule has 1 heterocycles. The van der Waals surface area contributed by atoms with Crippen LogP contribution in [0.25, 0.3) is 0 Å². The molecule has 0 saturated heterocycles. The summed E-state index contributed by atoms with van der Waals surface area (Å²) in [6.45, 7) is 0. The Morgan fingerprint density at radius 3 is 2.62 bits per heavy atom. The Labute approximate surface area is 59.0 Å². The first-order chi connectivity index (χ1) is 3.83. The first kappa shape index (κ1) is 6.07. The fourth-order valence-corrected chi connectivity index (χ4v) is 2.39. The number of carbonyl (C=O) groups is 1. The van der Waals surface area contributed by atoms with E-state index >= 15 is 0 Å². The van der Waals surface area contributed by atoms with Gasteiger partial charge < -0.3 is 0 Å². The van der Waals surface area contributed by atoms with Gasteiger partial charge in [0.1, 0.15) is 3.82 Å². The molecule has 0 aliphatic rings. The van der Waals surface area contributed by atoms with Crippen molar-refractivity contribution in [2.45, 2.75) is 0 Å². The van der Waals surface area contributed by atoms with Crippen molar-refractivity contribution in [1.82, 2.24) is 0 Å². The molecule has 1 rings (SSSR count). The van der Waals surface area contributed by atoms with E-state index in [0.29, 0.717) is 0 Å². The molecule has 1 aromatic heterocycles. The van der Waals surface area contributed by atoms with E-state index < -0.39 is 0 Å². The maximum Gasteiger partial charge on any atom is 0.160 e. The van der Waals surface area contributed by atoms with Crippen molar-refractivity contribution in [3.05, 3.63) is 14.8 Å². The van der Waals surface area contributed by atoms with Gasteiger partial charge in [0.15, 0.2) is 6.29 Å². The molecular formula is C4H2OS3. The minimum atomic E-state index is 0.722. The molecule has 0 N–H and O–H groups in total. The summed E-state index contributed by atoms with van der Waals surface area (Å²) in [5.41, 5.74) is 0. The van der Waals surface area contributed by atoms with Gasteiger partial charge in [-0.3, -0.25) is 4.79 Å². The minimum absolute atomic E-state index is 0.722. The normalized spacial score (nSPS) is 9.00. The van der Waals surface area contributed by atoms with E-state index in [1.54, 1.807) is 6.07 Å². The average molecular weight is 162 g/mol. The van der Waals surface area contributed by atoms with Crippen LogP contribution < -0.4 is 0 Å². The van der Waals surface area contributed by atoms with Gasteiger partial charge in [-0.25, -0.2) is 0 Å². The Bertz CT molecular complexity index is 233. The minimum Gasteiger partial charge on any atom is -0.297 e. The van der Waals surface area contributed by atoms with Gasteiger partial charge >= 0.3 is 0 Å². The quantitative estimate of drug-likeness (QED) is 0.358. The standard InChI is InChI=1S/C4H2OS3/c5-2-3-1-4(6)8-7-3/h1-2H. The fraction of sp³-hybridized carbons (Fsp3) is 0. The van der Waals surface area contributed by atoms with E-state index in [-0.39, 0.29) is 0 Å². The van der Waals surface area contributed by atoms with Crippen LogP contribution >= 0.6 is 32.9 Å². The molecule has 0 bridgehead atoms. The Hall–Kier alpha value is -0.0600. The van der Waals surface area contributed by atoms with Gasteiger partial charge in [-0.1, -0.05) is 32.9 Å². The summed E-state index contributed by atoms with van der Waals surface area (Å²) in [6, 6.07) is 1.71. The molecule has 0 saturated carbocycles. The van der Waals surface area contributed by atoms with Crippen LogP contribution in [0.5, 0.6) is 0 Å². The second kappa shape index (κ2) is 2.48. The van der Waals surface area contributed by atoms with Gasteiger partial charge in [0.25, 0.3) is 0 Å². The maximum absolute atomic E-state index is 9.99. The molecule has 1 nitrogen and oxygen atoms in total. The molecule has 42 valence electrons. The van der Waals surface area contributed by atoms with Crippen molar-refractivity contribution in [2.24, 2.45) is 0 Å². The molecule has 0 aliphatic carbocycles. The molecule has 0 aliphatic heterocycles. The highest BCUT2D eigenvalue weighted by Crippen LogP contribution is 2.14. The summed E-state index contributed by atoms with van der Waals surface area (Å²) in [4.78, 5) is 10.7. The lowest BCUT2D eigenvalue weighted by Gasteiger charge is -1.64. The number of carbonyl (C=O) groups excluding carboxylic acids is 1. The third kappa shape index (κ3) is 1.21. The molecule has 1 aromatic rings. The summed E-state index contributed by atoms with van der Waals surface area (Å²) in [6.07, 6.45) is 0.816. The highest BCUT2D eigenvalue weighted by Gasteiger charge is 1.88. The first-order valence-corrected chi connectivity index (χ1v) is 4.44. The predicted molar refractivity (Wildman–Crippen MR) is 38.4 cm³/mol. The lowest BCUT2D eigenvalue weighted by atomic mass is 10.6. The van der Waals surface area contributed by atoms with Gasteiger partial charge in [0.05, 0.1) is 4.88 Å². The SMILES string of the molecule is O=Cc1cc(=S)ss1. The highest BCUT2D eigenvalue weighted by atomic mass is 32.9. The van der Waals surface area contributed by atoms with Crippen molar-refractivity contribution in [2.75, 3.05) is 0 Å². The smallest absolute Gasteiger partial charge is 0.160 e. The number of hydrogen-bond acceptors (Lipinski definition) is 4. The van der Waals surface area contributed by atoms with Gasteiger partial charge in [-0.15, -0.1) is 0 Å². The van der Waals surface area contributed by atoms with Crippen LogP contribution in [0, 0.1) is 3.82 Å². The van der Waals surface area contributed by atoms with Gasteiger partial charge in [-0.05, 0) is 6.07 Å². The topological polar surface area (TPSA) is 17.1 Å². The fourth-order valence-electron chi connectivity index (χ4n) is 0.307. The van der Waals surface area contributed by atoms with E-state index in [1.165, 1.54) is 20.7 Å². The number of hydrogen-bond donors (Lipinski definition) is 0. The third-order valence-corrected chi connectivity index (χ3v) is 3.42. The van der Waals surface area contributed by atoms with Crippen molar-refractivity contribution in [1.29, 1.82) is 0 Å². The molecule has 0 unspecified atom stereocenters. The molecule has 8 heavy (non-hydrogen) atoms. The number of rotatable bonds is 1. The monoisotopic (exact) mass is 162 g/mol. The summed E-state index contributed by atoms with van der Waals surface area (Å²) in [7, 11) is 2.87. The Morgan fingerprint density at radius 1 is 1.62 bits per heavy atom. The van der Waals surface area contributed by atoms with Gasteiger partial charge in [0.2, 0.25) is 0 Å². The van der Waals surface area contributed by atoms with Crippen LogP contribution in [-0.4, -0.2) is 6.29 Å². The summed E-state index contributed by atoms with van der Waals surface area (Å²) in [5, 5.41) is 0. The molecule has 0 radical (unpaired) electrons. The second-order valence-corrected chi connectivity index (χ2v) is 4.09. The zero-order valence-corrected chi connectivity index (χ0v) is 6.24. The van der Waals surface area contributed by atoms with E-state index in [4.69, 9.17) is 12.2 Å². The summed E-state index contributed by atoms with van der Waals surface area (Å²) >= 11 is 4.77. The Kier molecular flexibility index (Phi) is 1.88. The molecular weight excluding hydrogens is 160 g/mol. The molecule has 0 amide bonds. The highest BCUT2D eigenvalue weighted by molar-refractivity contribution is 7.79. The van der Waals surface area contributed by atoms with Crippen LogP contribution in [0.1, 0.15) is 9.67 Å². The Balaban J connectivity index is 3.18. The Morgan fingerprint density at radius 2 is 2.38 bits per heavy atom. The van der Waals surface area contributed by atoms with Crippen molar-refractivity contribution in [3.63, 3.8) is 0 Å². The van der Waals surface area contributed by atoms with Crippen molar-refractivity contribution in [3.8, 4) is 0 Å². The van der Waals surface area contributed by atoms with E-state index in [9.17, 15) is 4.79 Å². The third-order valence-electron chi connectivity index (χ3n) is 0.596. The zero-order valence-electron chi connectivity index (χ0n) is 3.79. The molecule has 0 atom stereocenters. The van der Waals surface area contributed by atoms with E-state index in [1.807, 2.05) is 0 Å². The molecule has 4 heteroatoms. The van der Waals surface area contributed by atoms with Gasteiger partial charge in [0, 0.05) is 0 Å². The lowest BCUT2D eigenvalue weighted by Crippen LogP contribution is -1.62. The van der Waals surface area contributed by atoms with Crippen LogP contribution in [0.3, 0.4) is 0 Å². The van der Waals surface area contributed by atoms with Crippen LogP contribution in [-0.2, 0) is 0 Å². The van der Waals surface area contributed by atoms with E-state index in [2.05, 4.69) is 0 Å². The molecule has 0 fully saturated rings. The lowest BCUT2D eigenvalue weighted by molar-refractivity contribution is 0.112. The zero-order chi connectivity index (χ0) is 5.98. The molecule has 0 aromatic carbocycles. The number of aldehydes is 1. The largest absolute Gasteiger partial charge is 0.297 e. The van der Waals surface area contributed by atoms with Gasteiger partial charge in [-0.2, -0.15) is 0 Å². The summed E-state index contributed by atoms with van der Waals surface area (Å²) in [5.74, 6) is 0. The van der Waals surface area contributed by atoms with Crippen LogP contribution in [0.4, 0.5) is 0 Å². The second-order valence-electron chi connectivity index (χ2n) is 1.15. The van der Waals surface area contributed by atoms with Crippen molar-refractivity contribution >= 4 is 39.2 Å². The van der Waals surface area contributed by atoms with Crippen LogP contribution in [0.2, 0.25) is 0 Å². The average Bonchev–Trinajstić information content (AvgIpc) is 2.14. The molecule has 0 spiro atoms.